The van der Waals surface area contributed by atoms with Gasteiger partial charge in [0.15, 0.2) is 11.5 Å². The van der Waals surface area contributed by atoms with Gasteiger partial charge in [0.1, 0.15) is 13.2 Å². The monoisotopic (exact) mass is 555 g/mol. The highest BCUT2D eigenvalue weighted by Crippen LogP contribution is 2.39. The fraction of sp³-hybridized carbons (Fsp3) is 0.192. The Morgan fingerprint density at radius 2 is 1.89 bits per heavy atom. The first kappa shape index (κ1) is 24.8. The Morgan fingerprint density at radius 3 is 2.66 bits per heavy atom. The van der Waals surface area contributed by atoms with E-state index < -0.39 is 23.7 Å². The third kappa shape index (κ3) is 5.52. The number of hydrogen-bond donors (Lipinski definition) is 0. The van der Waals surface area contributed by atoms with Crippen molar-refractivity contribution >= 4 is 61.7 Å². The number of halogens is 1. The Hall–Kier alpha value is -3.30. The molecule has 1 aliphatic heterocycles. The quantitative estimate of drug-likeness (QED) is 0.257. The highest BCUT2D eigenvalue weighted by Gasteiger charge is 2.36. The summed E-state index contributed by atoms with van der Waals surface area (Å²) in [6.45, 7) is 1.76. The summed E-state index contributed by atoms with van der Waals surface area (Å²) in [5, 5.41) is 1.72. The van der Waals surface area contributed by atoms with E-state index >= 15 is 0 Å². The van der Waals surface area contributed by atoms with Crippen molar-refractivity contribution in [1.29, 1.82) is 0 Å². The lowest BCUT2D eigenvalue weighted by molar-refractivity contribution is -0.145. The van der Waals surface area contributed by atoms with Gasteiger partial charge < -0.3 is 14.2 Å². The first-order chi connectivity index (χ1) is 16.9. The molecule has 0 aromatic heterocycles. The third-order valence-electron chi connectivity index (χ3n) is 5.27. The smallest absolute Gasteiger partial charge is 0.326 e. The summed E-state index contributed by atoms with van der Waals surface area (Å²) in [7, 11) is 1.53. The van der Waals surface area contributed by atoms with Crippen LogP contribution >= 0.6 is 27.7 Å². The van der Waals surface area contributed by atoms with Crippen LogP contribution in [-0.4, -0.2) is 42.3 Å². The average Bonchev–Trinajstić information content (AvgIpc) is 3.10. The second-order valence-corrected chi connectivity index (χ2v) is 9.38. The minimum Gasteiger partial charge on any atom is -0.493 e. The number of rotatable bonds is 8. The molecule has 180 valence electrons. The fourth-order valence-corrected chi connectivity index (χ4v) is 5.07. The van der Waals surface area contributed by atoms with Crippen LogP contribution in [0.5, 0.6) is 11.5 Å². The molecular formula is C26H22BrNO6S. The van der Waals surface area contributed by atoms with Gasteiger partial charge in [-0.05, 0) is 74.7 Å². The summed E-state index contributed by atoms with van der Waals surface area (Å²) >= 11 is 4.31. The SMILES string of the molecule is CCOC(=O)CN1C(=O)S/C(=C\c2cc(Br)c(OCc3cccc4ccccc34)c(OC)c2)C1=O. The van der Waals surface area contributed by atoms with Gasteiger partial charge in [-0.2, -0.15) is 0 Å². The Bertz CT molecular complexity index is 1330. The standard InChI is InChI=1S/C26H22BrNO6S/c1-3-33-23(29)14-28-25(30)22(35-26(28)31)13-16-11-20(27)24(21(12-16)32-2)34-15-18-9-6-8-17-7-4-5-10-19(17)18/h4-13H,3,14-15H2,1-2H3/b22-13-. The maximum absolute atomic E-state index is 12.7. The molecule has 7 nitrogen and oxygen atoms in total. The van der Waals surface area contributed by atoms with Crippen LogP contribution < -0.4 is 9.47 Å². The highest BCUT2D eigenvalue weighted by molar-refractivity contribution is 9.10. The zero-order valence-corrected chi connectivity index (χ0v) is 21.5. The van der Waals surface area contributed by atoms with Crippen molar-refractivity contribution in [2.75, 3.05) is 20.3 Å². The number of carbonyl (C=O) groups is 3. The van der Waals surface area contributed by atoms with E-state index in [2.05, 4.69) is 34.1 Å². The molecule has 2 amide bonds. The molecule has 1 fully saturated rings. The lowest BCUT2D eigenvalue weighted by Crippen LogP contribution is -2.34. The van der Waals surface area contributed by atoms with Gasteiger partial charge in [-0.15, -0.1) is 0 Å². The van der Waals surface area contributed by atoms with Crippen LogP contribution in [0.3, 0.4) is 0 Å². The van der Waals surface area contributed by atoms with E-state index in [4.69, 9.17) is 14.2 Å². The zero-order valence-electron chi connectivity index (χ0n) is 19.1. The molecule has 0 unspecified atom stereocenters. The van der Waals surface area contributed by atoms with E-state index in [9.17, 15) is 14.4 Å². The normalized spacial score (nSPS) is 14.6. The molecule has 0 spiro atoms. The van der Waals surface area contributed by atoms with E-state index in [-0.39, 0.29) is 11.5 Å². The van der Waals surface area contributed by atoms with Crippen LogP contribution in [0, 0.1) is 0 Å². The minimum atomic E-state index is -0.631. The van der Waals surface area contributed by atoms with Crippen molar-refractivity contribution in [3.63, 3.8) is 0 Å². The number of ether oxygens (including phenoxy) is 3. The number of fused-ring (bicyclic) bond motifs is 1. The Kier molecular flexibility index (Phi) is 7.77. The van der Waals surface area contributed by atoms with Gasteiger partial charge in [-0.3, -0.25) is 19.3 Å². The van der Waals surface area contributed by atoms with E-state index in [1.165, 1.54) is 7.11 Å². The van der Waals surface area contributed by atoms with E-state index in [0.717, 1.165) is 33.0 Å². The molecule has 35 heavy (non-hydrogen) atoms. The molecule has 0 atom stereocenters. The van der Waals surface area contributed by atoms with Crippen LogP contribution in [0.2, 0.25) is 0 Å². The molecule has 3 aromatic carbocycles. The number of amides is 2. The number of imide groups is 1. The van der Waals surface area contributed by atoms with Crippen molar-refractivity contribution in [1.82, 2.24) is 4.90 Å². The molecule has 0 aliphatic carbocycles. The number of carbonyl (C=O) groups excluding carboxylic acids is 3. The van der Waals surface area contributed by atoms with E-state index in [1.807, 2.05) is 24.3 Å². The molecule has 0 N–H and O–H groups in total. The second kappa shape index (κ2) is 11.0. The van der Waals surface area contributed by atoms with Gasteiger partial charge in [0.2, 0.25) is 0 Å². The van der Waals surface area contributed by atoms with Gasteiger partial charge >= 0.3 is 5.97 Å². The van der Waals surface area contributed by atoms with Crippen molar-refractivity contribution in [3.05, 3.63) is 75.1 Å². The molecule has 0 radical (unpaired) electrons. The lowest BCUT2D eigenvalue weighted by atomic mass is 10.1. The zero-order chi connectivity index (χ0) is 24.9. The van der Waals surface area contributed by atoms with E-state index in [0.29, 0.717) is 28.1 Å². The van der Waals surface area contributed by atoms with Crippen LogP contribution in [0.1, 0.15) is 18.1 Å². The Labute approximate surface area is 215 Å². The largest absolute Gasteiger partial charge is 0.493 e. The first-order valence-electron chi connectivity index (χ1n) is 10.8. The van der Waals surface area contributed by atoms with Crippen molar-refractivity contribution < 1.29 is 28.6 Å². The lowest BCUT2D eigenvalue weighted by Gasteiger charge is -2.15. The Morgan fingerprint density at radius 1 is 1.11 bits per heavy atom. The summed E-state index contributed by atoms with van der Waals surface area (Å²) in [4.78, 5) is 37.7. The average molecular weight is 556 g/mol. The van der Waals surface area contributed by atoms with Crippen molar-refractivity contribution in [3.8, 4) is 11.5 Å². The second-order valence-electron chi connectivity index (χ2n) is 7.53. The molecule has 1 heterocycles. The number of nitrogens with zero attached hydrogens (tertiary/aromatic N) is 1. The molecule has 1 saturated heterocycles. The topological polar surface area (TPSA) is 82.1 Å². The molecule has 3 aromatic rings. The number of hydrogen-bond acceptors (Lipinski definition) is 7. The van der Waals surface area contributed by atoms with Gasteiger partial charge in [-0.25, -0.2) is 0 Å². The van der Waals surface area contributed by atoms with Gasteiger partial charge in [0.25, 0.3) is 11.1 Å². The molecule has 0 saturated carbocycles. The van der Waals surface area contributed by atoms with Crippen molar-refractivity contribution in [2.24, 2.45) is 0 Å². The third-order valence-corrected chi connectivity index (χ3v) is 6.76. The number of benzene rings is 3. The molecule has 4 rings (SSSR count). The molecule has 9 heteroatoms. The van der Waals surface area contributed by atoms with E-state index in [1.54, 1.807) is 25.1 Å². The van der Waals surface area contributed by atoms with Gasteiger partial charge in [0.05, 0.1) is 23.1 Å². The summed E-state index contributed by atoms with van der Waals surface area (Å²) in [6.07, 6.45) is 1.58. The van der Waals surface area contributed by atoms with Crippen LogP contribution in [0.25, 0.3) is 16.8 Å². The highest BCUT2D eigenvalue weighted by atomic mass is 79.9. The summed E-state index contributed by atoms with van der Waals surface area (Å²) in [5.74, 6) is -0.183. The van der Waals surface area contributed by atoms with Gasteiger partial charge in [0, 0.05) is 0 Å². The fourth-order valence-electron chi connectivity index (χ4n) is 3.65. The predicted octanol–water partition coefficient (Wildman–Crippen LogP) is 5.79. The van der Waals surface area contributed by atoms with Crippen molar-refractivity contribution in [2.45, 2.75) is 13.5 Å². The number of esters is 1. The maximum atomic E-state index is 12.7. The predicted molar refractivity (Wildman–Crippen MR) is 138 cm³/mol. The summed E-state index contributed by atoms with van der Waals surface area (Å²) in [5.41, 5.74) is 1.67. The summed E-state index contributed by atoms with van der Waals surface area (Å²) in [6, 6.07) is 17.7. The number of thioether (sulfide) groups is 1. The van der Waals surface area contributed by atoms with Crippen LogP contribution in [0.4, 0.5) is 4.79 Å². The number of methoxy groups -OCH3 is 1. The van der Waals surface area contributed by atoms with Crippen LogP contribution in [0.15, 0.2) is 64.0 Å². The Balaban J connectivity index is 1.55. The maximum Gasteiger partial charge on any atom is 0.326 e. The molecular weight excluding hydrogens is 534 g/mol. The molecule has 1 aliphatic rings. The molecule has 0 bridgehead atoms. The summed E-state index contributed by atoms with van der Waals surface area (Å²) < 4.78 is 17.1. The minimum absolute atomic E-state index is 0.174. The first-order valence-corrected chi connectivity index (χ1v) is 12.4. The van der Waals surface area contributed by atoms with Gasteiger partial charge in [-0.1, -0.05) is 42.5 Å². The van der Waals surface area contributed by atoms with Crippen LogP contribution in [-0.2, 0) is 20.9 Å².